The number of aromatic nitrogens is 4. The molecule has 2 heterocycles. The predicted octanol–water partition coefficient (Wildman–Crippen LogP) is 3.51. The Hall–Kier alpha value is -3.21. The van der Waals surface area contributed by atoms with Crippen molar-refractivity contribution in [1.82, 2.24) is 19.6 Å². The monoisotopic (exact) mass is 315 g/mol. The molecular weight excluding hydrogens is 298 g/mol. The van der Waals surface area contributed by atoms with Gasteiger partial charge in [0.2, 0.25) is 5.65 Å². The van der Waals surface area contributed by atoms with Crippen LogP contribution in [0.25, 0.3) is 28.8 Å². The Balaban J connectivity index is 1.95. The minimum Gasteiger partial charge on any atom is -0.360 e. The zero-order chi connectivity index (χ0) is 16.5. The third-order valence-corrected chi connectivity index (χ3v) is 3.89. The van der Waals surface area contributed by atoms with E-state index in [1.54, 1.807) is 0 Å². The predicted molar refractivity (Wildman–Crippen MR) is 98.0 cm³/mol. The zero-order valence-electron chi connectivity index (χ0n) is 13.6. The molecule has 0 aliphatic heterocycles. The molecule has 0 fully saturated rings. The quantitative estimate of drug-likeness (QED) is 0.580. The van der Waals surface area contributed by atoms with Gasteiger partial charge in [-0.15, -0.1) is 10.2 Å². The molecule has 0 aliphatic rings. The van der Waals surface area contributed by atoms with Crippen LogP contribution in [0.4, 0.5) is 5.82 Å². The highest BCUT2D eigenvalue weighted by atomic mass is 15.3. The van der Waals surface area contributed by atoms with Crippen molar-refractivity contribution in [3.63, 3.8) is 0 Å². The van der Waals surface area contributed by atoms with E-state index < -0.39 is 0 Å². The summed E-state index contributed by atoms with van der Waals surface area (Å²) in [6.45, 7) is 0. The fourth-order valence-corrected chi connectivity index (χ4v) is 2.73. The van der Waals surface area contributed by atoms with Crippen LogP contribution < -0.4 is 4.90 Å². The first-order valence-electron chi connectivity index (χ1n) is 7.78. The van der Waals surface area contributed by atoms with Gasteiger partial charge in [-0.2, -0.15) is 0 Å². The van der Waals surface area contributed by atoms with Crippen molar-refractivity contribution in [2.75, 3.05) is 19.0 Å². The Kier molecular flexibility index (Phi) is 3.46. The van der Waals surface area contributed by atoms with Crippen LogP contribution in [0, 0.1) is 0 Å². The van der Waals surface area contributed by atoms with E-state index >= 15 is 0 Å². The van der Waals surface area contributed by atoms with Gasteiger partial charge in [0.1, 0.15) is 0 Å². The second-order valence-electron chi connectivity index (χ2n) is 5.78. The summed E-state index contributed by atoms with van der Waals surface area (Å²) in [6, 6.07) is 18.2. The second-order valence-corrected chi connectivity index (χ2v) is 5.78. The molecule has 0 spiro atoms. The Morgan fingerprint density at radius 1 is 0.875 bits per heavy atom. The molecule has 4 rings (SSSR count). The number of anilines is 1. The molecule has 0 amide bonds. The SMILES string of the molecule is CN(C)c1nc2ccccc2n2c(/C=C/c3ccccc3)nnc12. The lowest BCUT2D eigenvalue weighted by Crippen LogP contribution is -2.13. The van der Waals surface area contributed by atoms with Crippen LogP contribution in [0.15, 0.2) is 54.6 Å². The summed E-state index contributed by atoms with van der Waals surface area (Å²) < 4.78 is 2.05. The molecule has 0 saturated heterocycles. The molecule has 2 aromatic heterocycles. The lowest BCUT2D eigenvalue weighted by molar-refractivity contribution is 1.06. The maximum absolute atomic E-state index is 4.71. The highest BCUT2D eigenvalue weighted by Gasteiger charge is 2.14. The Morgan fingerprint density at radius 3 is 2.42 bits per heavy atom. The third-order valence-electron chi connectivity index (χ3n) is 3.89. The smallest absolute Gasteiger partial charge is 0.204 e. The standard InChI is InChI=1S/C19H17N5/c1-23(2)18-19-22-21-17(13-12-14-8-4-3-5-9-14)24(19)16-11-7-6-10-15(16)20-18/h3-13H,1-2H3/b13-12+. The highest BCUT2D eigenvalue weighted by molar-refractivity contribution is 5.84. The first kappa shape index (κ1) is 14.4. The fraction of sp³-hybridized carbons (Fsp3) is 0.105. The minimum absolute atomic E-state index is 0.756. The van der Waals surface area contributed by atoms with Crippen molar-refractivity contribution in [3.05, 3.63) is 66.0 Å². The van der Waals surface area contributed by atoms with Gasteiger partial charge in [-0.25, -0.2) is 4.98 Å². The molecule has 24 heavy (non-hydrogen) atoms. The van der Waals surface area contributed by atoms with Gasteiger partial charge in [-0.1, -0.05) is 48.5 Å². The summed E-state index contributed by atoms with van der Waals surface area (Å²) in [4.78, 5) is 6.67. The zero-order valence-corrected chi connectivity index (χ0v) is 13.6. The number of fused-ring (bicyclic) bond motifs is 3. The summed E-state index contributed by atoms with van der Waals surface area (Å²) in [6.07, 6.45) is 4.03. The number of hydrogen-bond acceptors (Lipinski definition) is 4. The maximum Gasteiger partial charge on any atom is 0.204 e. The van der Waals surface area contributed by atoms with Crippen molar-refractivity contribution in [2.24, 2.45) is 0 Å². The number of benzene rings is 2. The van der Waals surface area contributed by atoms with Crippen LogP contribution in [-0.4, -0.2) is 33.7 Å². The number of hydrogen-bond donors (Lipinski definition) is 0. The molecule has 0 N–H and O–H groups in total. The van der Waals surface area contributed by atoms with Gasteiger partial charge in [-0.05, 0) is 23.8 Å². The molecular formula is C19H17N5. The van der Waals surface area contributed by atoms with Gasteiger partial charge in [0.05, 0.1) is 11.0 Å². The van der Waals surface area contributed by atoms with E-state index in [-0.39, 0.29) is 0 Å². The van der Waals surface area contributed by atoms with E-state index in [2.05, 4.69) is 26.7 Å². The van der Waals surface area contributed by atoms with Gasteiger partial charge >= 0.3 is 0 Å². The molecule has 0 radical (unpaired) electrons. The first-order chi connectivity index (χ1) is 11.7. The van der Waals surface area contributed by atoms with Gasteiger partial charge in [0, 0.05) is 14.1 Å². The Morgan fingerprint density at radius 2 is 1.62 bits per heavy atom. The Bertz CT molecular complexity index is 1030. The van der Waals surface area contributed by atoms with Gasteiger partial charge < -0.3 is 4.90 Å². The molecule has 0 unspecified atom stereocenters. The van der Waals surface area contributed by atoms with Crippen molar-refractivity contribution >= 4 is 34.7 Å². The molecule has 0 atom stereocenters. The van der Waals surface area contributed by atoms with E-state index in [9.17, 15) is 0 Å². The lowest BCUT2D eigenvalue weighted by Gasteiger charge is -2.13. The number of rotatable bonds is 3. The van der Waals surface area contributed by atoms with Crippen molar-refractivity contribution < 1.29 is 0 Å². The molecule has 4 aromatic rings. The van der Waals surface area contributed by atoms with E-state index in [0.717, 1.165) is 33.9 Å². The second kappa shape index (κ2) is 5.77. The van der Waals surface area contributed by atoms with Gasteiger partial charge in [0.15, 0.2) is 11.6 Å². The van der Waals surface area contributed by atoms with Gasteiger partial charge in [-0.3, -0.25) is 4.40 Å². The average Bonchev–Trinajstić information content (AvgIpc) is 3.04. The largest absolute Gasteiger partial charge is 0.360 e. The number of para-hydroxylation sites is 2. The van der Waals surface area contributed by atoms with E-state index in [1.165, 1.54) is 0 Å². The van der Waals surface area contributed by atoms with Gasteiger partial charge in [0.25, 0.3) is 0 Å². The average molecular weight is 315 g/mol. The molecule has 2 aromatic carbocycles. The minimum atomic E-state index is 0.756. The van der Waals surface area contributed by atoms with Crippen molar-refractivity contribution in [3.8, 4) is 0 Å². The van der Waals surface area contributed by atoms with Crippen LogP contribution in [0.5, 0.6) is 0 Å². The summed E-state index contributed by atoms with van der Waals surface area (Å²) in [5.74, 6) is 1.59. The topological polar surface area (TPSA) is 46.3 Å². The van der Waals surface area contributed by atoms with E-state index in [4.69, 9.17) is 4.98 Å². The van der Waals surface area contributed by atoms with Crippen molar-refractivity contribution in [2.45, 2.75) is 0 Å². The summed E-state index contributed by atoms with van der Waals surface area (Å²) in [7, 11) is 3.93. The highest BCUT2D eigenvalue weighted by Crippen LogP contribution is 2.23. The summed E-state index contributed by atoms with van der Waals surface area (Å²) >= 11 is 0. The van der Waals surface area contributed by atoms with E-state index in [1.807, 2.05) is 73.6 Å². The molecule has 118 valence electrons. The third kappa shape index (κ3) is 2.40. The normalized spacial score (nSPS) is 11.6. The maximum atomic E-state index is 4.71. The molecule has 5 nitrogen and oxygen atoms in total. The number of nitrogens with zero attached hydrogens (tertiary/aromatic N) is 5. The van der Waals surface area contributed by atoms with Crippen LogP contribution in [0.1, 0.15) is 11.4 Å². The Labute approximate surface area is 139 Å². The summed E-state index contributed by atoms with van der Waals surface area (Å²) in [5, 5.41) is 8.72. The van der Waals surface area contributed by atoms with Crippen molar-refractivity contribution in [1.29, 1.82) is 0 Å². The summed E-state index contributed by atoms with van der Waals surface area (Å²) in [5.41, 5.74) is 3.80. The molecule has 0 saturated carbocycles. The molecule has 5 heteroatoms. The molecule has 0 aliphatic carbocycles. The van der Waals surface area contributed by atoms with Crippen LogP contribution >= 0.6 is 0 Å². The van der Waals surface area contributed by atoms with Crippen LogP contribution in [0.2, 0.25) is 0 Å². The van der Waals surface area contributed by atoms with E-state index in [0.29, 0.717) is 0 Å². The first-order valence-corrected chi connectivity index (χ1v) is 7.78. The lowest BCUT2D eigenvalue weighted by atomic mass is 10.2. The fourth-order valence-electron chi connectivity index (χ4n) is 2.73. The molecule has 0 bridgehead atoms. The van der Waals surface area contributed by atoms with Crippen LogP contribution in [0.3, 0.4) is 0 Å². The van der Waals surface area contributed by atoms with Crippen LogP contribution in [-0.2, 0) is 0 Å².